The first-order valence-electron chi connectivity index (χ1n) is 10.9. The molecule has 0 spiro atoms. The van der Waals surface area contributed by atoms with Gasteiger partial charge in [0.05, 0.1) is 21.6 Å². The van der Waals surface area contributed by atoms with E-state index in [-0.39, 0.29) is 17.9 Å². The Morgan fingerprint density at radius 2 is 1.86 bits per heavy atom. The van der Waals surface area contributed by atoms with Crippen molar-refractivity contribution >= 4 is 40.5 Å². The lowest BCUT2D eigenvalue weighted by atomic mass is 9.96. The zero-order valence-corrected chi connectivity index (χ0v) is 20.5. The molecule has 35 heavy (non-hydrogen) atoms. The number of nitro groups is 1. The molecule has 0 fully saturated rings. The Morgan fingerprint density at radius 1 is 1.20 bits per heavy atom. The highest BCUT2D eigenvalue weighted by Gasteiger charge is 2.31. The zero-order valence-electron chi connectivity index (χ0n) is 19.7. The van der Waals surface area contributed by atoms with E-state index in [2.05, 4.69) is 0 Å². The van der Waals surface area contributed by atoms with Gasteiger partial charge in [-0.1, -0.05) is 23.5 Å². The number of aromatic nitrogens is 1. The Balaban J connectivity index is 1.87. The van der Waals surface area contributed by atoms with Gasteiger partial charge in [-0.2, -0.15) is 0 Å². The number of benzene rings is 2. The number of esters is 1. The first-order valence-corrected chi connectivity index (χ1v) is 11.7. The SMILES string of the molecule is CCOC(=O)C1=C(C)n2c(s/c(=C\c3ccc([N+](=O)[O-])cc3)c2=O)=N[C@@H]1c1ccc(N(C)C)cc1. The number of thiazole rings is 1. The van der Waals surface area contributed by atoms with Crippen LogP contribution in [0.1, 0.15) is 31.0 Å². The molecule has 4 rings (SSSR count). The van der Waals surface area contributed by atoms with Crippen molar-refractivity contribution in [2.24, 2.45) is 4.99 Å². The van der Waals surface area contributed by atoms with Crippen LogP contribution in [-0.4, -0.2) is 36.2 Å². The highest BCUT2D eigenvalue weighted by atomic mass is 32.1. The molecule has 0 saturated heterocycles. The highest BCUT2D eigenvalue weighted by Crippen LogP contribution is 2.33. The summed E-state index contributed by atoms with van der Waals surface area (Å²) in [5.41, 5.74) is 2.92. The van der Waals surface area contributed by atoms with Gasteiger partial charge < -0.3 is 9.64 Å². The molecule has 0 amide bonds. The Kier molecular flexibility index (Phi) is 6.65. The minimum absolute atomic E-state index is 0.0275. The number of rotatable bonds is 6. The van der Waals surface area contributed by atoms with E-state index in [9.17, 15) is 19.7 Å². The summed E-state index contributed by atoms with van der Waals surface area (Å²) >= 11 is 1.20. The van der Waals surface area contributed by atoms with Crippen molar-refractivity contribution in [2.75, 3.05) is 25.6 Å². The van der Waals surface area contributed by atoms with Crippen LogP contribution >= 0.6 is 11.3 Å². The third-order valence-electron chi connectivity index (χ3n) is 5.67. The smallest absolute Gasteiger partial charge is 0.338 e. The van der Waals surface area contributed by atoms with E-state index in [1.54, 1.807) is 32.1 Å². The number of non-ortho nitro benzene ring substituents is 1. The first kappa shape index (κ1) is 24.1. The van der Waals surface area contributed by atoms with Crippen molar-refractivity contribution in [3.05, 3.63) is 95.0 Å². The van der Waals surface area contributed by atoms with Crippen molar-refractivity contribution < 1.29 is 14.5 Å². The largest absolute Gasteiger partial charge is 0.463 e. The molecule has 1 aliphatic heterocycles. The van der Waals surface area contributed by atoms with Crippen LogP contribution in [0.3, 0.4) is 0 Å². The third kappa shape index (κ3) is 4.65. The van der Waals surface area contributed by atoms with Gasteiger partial charge in [0, 0.05) is 37.6 Å². The van der Waals surface area contributed by atoms with Crippen LogP contribution in [0.15, 0.2) is 63.9 Å². The quantitative estimate of drug-likeness (QED) is 0.298. The molecule has 2 heterocycles. The fourth-order valence-corrected chi connectivity index (χ4v) is 4.90. The van der Waals surface area contributed by atoms with Gasteiger partial charge in [0.15, 0.2) is 4.80 Å². The Hall–Kier alpha value is -4.05. The summed E-state index contributed by atoms with van der Waals surface area (Å²) in [7, 11) is 3.89. The van der Waals surface area contributed by atoms with Crippen LogP contribution in [0.2, 0.25) is 0 Å². The maximum atomic E-state index is 13.3. The minimum atomic E-state index is -0.615. The number of carbonyl (C=O) groups is 1. The average Bonchev–Trinajstić information content (AvgIpc) is 3.14. The molecule has 2 aromatic carbocycles. The van der Waals surface area contributed by atoms with E-state index in [0.29, 0.717) is 26.2 Å². The summed E-state index contributed by atoms with van der Waals surface area (Å²) in [5, 5.41) is 10.9. The number of hydrogen-bond acceptors (Lipinski definition) is 8. The van der Waals surface area contributed by atoms with Crippen LogP contribution in [0, 0.1) is 10.1 Å². The van der Waals surface area contributed by atoms with Gasteiger partial charge in [-0.05, 0) is 55.3 Å². The van der Waals surface area contributed by atoms with Crippen molar-refractivity contribution in [1.29, 1.82) is 0 Å². The molecule has 0 N–H and O–H groups in total. The summed E-state index contributed by atoms with van der Waals surface area (Å²) in [6, 6.07) is 13.1. The second-order valence-corrected chi connectivity index (χ2v) is 9.13. The number of ether oxygens (including phenoxy) is 1. The molecule has 10 heteroatoms. The van der Waals surface area contributed by atoms with E-state index in [1.807, 2.05) is 43.3 Å². The molecule has 0 unspecified atom stereocenters. The van der Waals surface area contributed by atoms with E-state index in [0.717, 1.165) is 11.3 Å². The molecule has 0 aliphatic carbocycles. The standard InChI is InChI=1S/C25H24N4O5S/c1-5-34-24(31)21-15(2)28-23(30)20(14-16-6-10-19(11-7-16)29(32)33)35-25(28)26-22(21)17-8-12-18(13-9-17)27(3)4/h6-14,22H,5H2,1-4H3/b20-14-/t22-/m1/s1. The maximum Gasteiger partial charge on any atom is 0.338 e. The summed E-state index contributed by atoms with van der Waals surface area (Å²) in [4.78, 5) is 43.9. The molecule has 0 saturated carbocycles. The Morgan fingerprint density at radius 3 is 2.43 bits per heavy atom. The van der Waals surface area contributed by atoms with Crippen LogP contribution in [0.5, 0.6) is 0 Å². The van der Waals surface area contributed by atoms with E-state index >= 15 is 0 Å². The van der Waals surface area contributed by atoms with Gasteiger partial charge >= 0.3 is 5.97 Å². The Bertz CT molecular complexity index is 1500. The number of fused-ring (bicyclic) bond motifs is 1. The fourth-order valence-electron chi connectivity index (χ4n) is 3.86. The van der Waals surface area contributed by atoms with Gasteiger partial charge in [0.25, 0.3) is 11.2 Å². The van der Waals surface area contributed by atoms with Gasteiger partial charge in [-0.15, -0.1) is 0 Å². The molecular formula is C25H24N4O5S. The number of nitro benzene ring substituents is 1. The van der Waals surface area contributed by atoms with Crippen LogP contribution in [0.25, 0.3) is 11.8 Å². The number of hydrogen-bond donors (Lipinski definition) is 0. The molecule has 1 aromatic heterocycles. The fraction of sp³-hybridized carbons (Fsp3) is 0.240. The maximum absolute atomic E-state index is 13.3. The molecule has 0 radical (unpaired) electrons. The molecule has 1 atom stereocenters. The Labute approximate surface area is 205 Å². The van der Waals surface area contributed by atoms with Crippen molar-refractivity contribution in [3.63, 3.8) is 0 Å². The summed E-state index contributed by atoms with van der Waals surface area (Å²) in [6.07, 6.45) is 1.66. The predicted octanol–water partition coefficient (Wildman–Crippen LogP) is 2.88. The molecular weight excluding hydrogens is 468 g/mol. The van der Waals surface area contributed by atoms with Gasteiger partial charge in [-0.3, -0.25) is 19.5 Å². The molecule has 9 nitrogen and oxygen atoms in total. The monoisotopic (exact) mass is 492 g/mol. The van der Waals surface area contributed by atoms with Gasteiger partial charge in [-0.25, -0.2) is 9.79 Å². The molecule has 3 aromatic rings. The van der Waals surface area contributed by atoms with Crippen LogP contribution in [0.4, 0.5) is 11.4 Å². The molecule has 180 valence electrons. The lowest BCUT2D eigenvalue weighted by Gasteiger charge is -2.23. The highest BCUT2D eigenvalue weighted by molar-refractivity contribution is 7.07. The summed E-state index contributed by atoms with van der Waals surface area (Å²) in [6.45, 7) is 3.65. The lowest BCUT2D eigenvalue weighted by Crippen LogP contribution is -2.35. The second-order valence-electron chi connectivity index (χ2n) is 8.12. The number of nitrogens with zero attached hydrogens (tertiary/aromatic N) is 4. The average molecular weight is 493 g/mol. The van der Waals surface area contributed by atoms with Crippen LogP contribution < -0.4 is 19.8 Å². The lowest BCUT2D eigenvalue weighted by molar-refractivity contribution is -0.384. The van der Waals surface area contributed by atoms with Crippen molar-refractivity contribution in [1.82, 2.24) is 4.57 Å². The van der Waals surface area contributed by atoms with Crippen molar-refractivity contribution in [3.8, 4) is 0 Å². The predicted molar refractivity (Wildman–Crippen MR) is 135 cm³/mol. The van der Waals surface area contributed by atoms with Crippen molar-refractivity contribution in [2.45, 2.75) is 19.9 Å². The summed E-state index contributed by atoms with van der Waals surface area (Å²) in [5.74, 6) is -0.514. The summed E-state index contributed by atoms with van der Waals surface area (Å²) < 4.78 is 7.15. The normalized spacial score (nSPS) is 15.4. The van der Waals surface area contributed by atoms with Gasteiger partial charge in [0.1, 0.15) is 6.04 Å². The molecule has 1 aliphatic rings. The van der Waals surface area contributed by atoms with E-state index < -0.39 is 16.9 Å². The topological polar surface area (TPSA) is 107 Å². The minimum Gasteiger partial charge on any atom is -0.463 e. The number of carbonyl (C=O) groups excluding carboxylic acids is 1. The van der Waals surface area contributed by atoms with Crippen LogP contribution in [-0.2, 0) is 9.53 Å². The first-order chi connectivity index (χ1) is 16.7. The van der Waals surface area contributed by atoms with Gasteiger partial charge in [0.2, 0.25) is 0 Å². The second kappa shape index (κ2) is 9.67. The number of allylic oxidation sites excluding steroid dienone is 1. The van der Waals surface area contributed by atoms with E-state index in [4.69, 9.17) is 9.73 Å². The number of anilines is 1. The molecule has 0 bridgehead atoms. The third-order valence-corrected chi connectivity index (χ3v) is 6.65. The zero-order chi connectivity index (χ0) is 25.3. The van der Waals surface area contributed by atoms with E-state index in [1.165, 1.54) is 28.0 Å².